The number of carboxylic acid groups (broad SMARTS) is 1. The van der Waals surface area contributed by atoms with E-state index in [1.165, 1.54) is 5.56 Å². The van der Waals surface area contributed by atoms with Gasteiger partial charge in [0.05, 0.1) is 0 Å². The maximum atomic E-state index is 11.4. The van der Waals surface area contributed by atoms with Crippen molar-refractivity contribution in [3.8, 4) is 17.1 Å². The summed E-state index contributed by atoms with van der Waals surface area (Å²) in [6.07, 6.45) is 9.34. The summed E-state index contributed by atoms with van der Waals surface area (Å²) in [6, 6.07) is 17.8. The molecular weight excluding hydrogens is 480 g/mol. The minimum absolute atomic E-state index is 0.166. The largest absolute Gasteiger partial charge is 0.478 e. The van der Waals surface area contributed by atoms with Crippen LogP contribution >= 0.6 is 0 Å². The Hall–Kier alpha value is -4.07. The van der Waals surface area contributed by atoms with E-state index in [4.69, 9.17) is 9.26 Å². The molecular formula is C30H32N4O4. The molecule has 0 radical (unpaired) electrons. The second-order valence-electron chi connectivity index (χ2n) is 10.4. The molecule has 8 heteroatoms. The second-order valence-corrected chi connectivity index (χ2v) is 10.4. The molecule has 4 aromatic rings. The van der Waals surface area contributed by atoms with Gasteiger partial charge in [-0.3, -0.25) is 0 Å². The van der Waals surface area contributed by atoms with Crippen molar-refractivity contribution in [1.82, 2.24) is 20.1 Å². The van der Waals surface area contributed by atoms with E-state index in [1.54, 1.807) is 32.3 Å². The minimum Gasteiger partial charge on any atom is -0.478 e. The lowest BCUT2D eigenvalue weighted by molar-refractivity contribution is -0.152. The number of ether oxygens (including phenoxy) is 1. The van der Waals surface area contributed by atoms with Gasteiger partial charge in [-0.1, -0.05) is 41.6 Å². The van der Waals surface area contributed by atoms with Crippen molar-refractivity contribution in [2.75, 3.05) is 0 Å². The van der Waals surface area contributed by atoms with Gasteiger partial charge in [-0.05, 0) is 81.7 Å². The number of aromatic nitrogens is 4. The Morgan fingerprint density at radius 3 is 2.55 bits per heavy atom. The highest BCUT2D eigenvalue weighted by Gasteiger charge is 2.30. The molecule has 8 nitrogen and oxygen atoms in total. The molecule has 2 aromatic heterocycles. The Morgan fingerprint density at radius 1 is 1.08 bits per heavy atom. The van der Waals surface area contributed by atoms with Crippen molar-refractivity contribution in [2.24, 2.45) is 0 Å². The number of hydrogen-bond donors (Lipinski definition) is 1. The third-order valence-electron chi connectivity index (χ3n) is 6.82. The number of rotatable bonds is 12. The molecule has 2 aromatic carbocycles. The fourth-order valence-electron chi connectivity index (χ4n) is 4.42. The Balaban J connectivity index is 1.23. The van der Waals surface area contributed by atoms with Gasteiger partial charge in [0.2, 0.25) is 11.7 Å². The molecule has 1 unspecified atom stereocenters. The molecule has 1 saturated carbocycles. The number of aryl methyl sites for hydroxylation is 1. The average molecular weight is 513 g/mol. The molecule has 1 N–H and O–H groups in total. The van der Waals surface area contributed by atoms with Crippen molar-refractivity contribution >= 4 is 5.97 Å². The number of aliphatic carboxylic acids is 1. The van der Waals surface area contributed by atoms with Crippen molar-refractivity contribution in [3.63, 3.8) is 0 Å². The molecule has 2 heterocycles. The van der Waals surface area contributed by atoms with Crippen LogP contribution in [0.15, 0.2) is 71.5 Å². The predicted molar refractivity (Wildman–Crippen MR) is 142 cm³/mol. The predicted octanol–water partition coefficient (Wildman–Crippen LogP) is 6.00. The van der Waals surface area contributed by atoms with E-state index in [1.807, 2.05) is 36.4 Å². The third kappa shape index (κ3) is 6.43. The van der Waals surface area contributed by atoms with E-state index < -0.39 is 11.6 Å². The first-order valence-corrected chi connectivity index (χ1v) is 13.1. The van der Waals surface area contributed by atoms with Gasteiger partial charge in [0.25, 0.3) is 0 Å². The Labute approximate surface area is 222 Å². The molecule has 0 bridgehead atoms. The number of hydrogen-bond acceptors (Lipinski definition) is 7. The third-order valence-corrected chi connectivity index (χ3v) is 6.82. The second kappa shape index (κ2) is 11.1. The van der Waals surface area contributed by atoms with E-state index in [2.05, 4.69) is 32.2 Å². The van der Waals surface area contributed by atoms with Crippen molar-refractivity contribution in [3.05, 3.63) is 89.8 Å². The van der Waals surface area contributed by atoms with Crippen molar-refractivity contribution in [2.45, 2.75) is 69.8 Å². The number of carbonyl (C=O) groups is 1. The molecule has 196 valence electrons. The highest BCUT2D eigenvalue weighted by Crippen LogP contribution is 2.39. The molecule has 1 atom stereocenters. The summed E-state index contributed by atoms with van der Waals surface area (Å²) >= 11 is 0. The molecule has 0 aliphatic heterocycles. The first-order valence-electron chi connectivity index (χ1n) is 13.1. The average Bonchev–Trinajstić information content (AvgIpc) is 3.65. The zero-order chi connectivity index (χ0) is 26.5. The van der Waals surface area contributed by atoms with E-state index in [0.717, 1.165) is 61.4 Å². The van der Waals surface area contributed by atoms with Gasteiger partial charge in [-0.15, -0.1) is 0 Å². The standard InChI is InChI=1S/C30H32N4O4/c1-30(2,29(35)36)37-25-9-4-7-20(19-25)6-3-8-24(26-31-16-5-17-32-26)18-21-10-12-22(13-11-21)27-33-28(38-34-27)23-14-15-23/h4-5,7,9-13,16-17,19,23-24H,3,6,8,14-15,18H2,1-2H3,(H,35,36). The van der Waals surface area contributed by atoms with Crippen LogP contribution in [0.1, 0.15) is 74.2 Å². The van der Waals surface area contributed by atoms with Gasteiger partial charge < -0.3 is 14.4 Å². The quantitative estimate of drug-likeness (QED) is 0.246. The molecule has 5 rings (SSSR count). The topological polar surface area (TPSA) is 111 Å². The van der Waals surface area contributed by atoms with Gasteiger partial charge in [-0.2, -0.15) is 4.98 Å². The van der Waals surface area contributed by atoms with Crippen LogP contribution in [0.3, 0.4) is 0 Å². The maximum Gasteiger partial charge on any atom is 0.347 e. The maximum absolute atomic E-state index is 11.4. The fraction of sp³-hybridized carbons (Fsp3) is 0.367. The van der Waals surface area contributed by atoms with Crippen LogP contribution in [-0.4, -0.2) is 36.8 Å². The van der Waals surface area contributed by atoms with Gasteiger partial charge >= 0.3 is 5.97 Å². The lowest BCUT2D eigenvalue weighted by Crippen LogP contribution is -2.37. The van der Waals surface area contributed by atoms with Crippen LogP contribution in [0.25, 0.3) is 11.4 Å². The molecule has 1 aliphatic rings. The zero-order valence-electron chi connectivity index (χ0n) is 21.7. The Bertz CT molecular complexity index is 1360. The number of nitrogens with zero attached hydrogens (tertiary/aromatic N) is 4. The monoisotopic (exact) mass is 512 g/mol. The summed E-state index contributed by atoms with van der Waals surface area (Å²) in [5, 5.41) is 13.5. The smallest absolute Gasteiger partial charge is 0.347 e. The fourth-order valence-corrected chi connectivity index (χ4v) is 4.42. The van der Waals surface area contributed by atoms with Crippen LogP contribution in [0.4, 0.5) is 0 Å². The summed E-state index contributed by atoms with van der Waals surface area (Å²) in [6.45, 7) is 3.10. The summed E-state index contributed by atoms with van der Waals surface area (Å²) in [5.41, 5.74) is 1.97. The van der Waals surface area contributed by atoms with Crippen LogP contribution < -0.4 is 4.74 Å². The van der Waals surface area contributed by atoms with E-state index in [0.29, 0.717) is 17.5 Å². The van der Waals surface area contributed by atoms with Gasteiger partial charge in [0.1, 0.15) is 11.6 Å². The SMILES string of the molecule is CC(C)(Oc1cccc(CCCC(Cc2ccc(-c3noc(C4CC4)n3)cc2)c2ncccn2)c1)C(=O)O. The molecule has 0 spiro atoms. The van der Waals surface area contributed by atoms with Crippen molar-refractivity contribution in [1.29, 1.82) is 0 Å². The van der Waals surface area contributed by atoms with Crippen LogP contribution in [-0.2, 0) is 17.6 Å². The zero-order valence-corrected chi connectivity index (χ0v) is 21.7. The molecule has 0 saturated heterocycles. The summed E-state index contributed by atoms with van der Waals surface area (Å²) in [7, 11) is 0. The van der Waals surface area contributed by atoms with E-state index in [9.17, 15) is 9.90 Å². The highest BCUT2D eigenvalue weighted by molar-refractivity contribution is 5.76. The van der Waals surface area contributed by atoms with Crippen LogP contribution in [0.2, 0.25) is 0 Å². The minimum atomic E-state index is -1.28. The molecule has 0 amide bonds. The number of carboxylic acids is 1. The summed E-state index contributed by atoms with van der Waals surface area (Å²) < 4.78 is 11.1. The van der Waals surface area contributed by atoms with Crippen molar-refractivity contribution < 1.29 is 19.2 Å². The lowest BCUT2D eigenvalue weighted by atomic mass is 9.92. The number of benzene rings is 2. The Morgan fingerprint density at radius 2 is 1.84 bits per heavy atom. The summed E-state index contributed by atoms with van der Waals surface area (Å²) in [4.78, 5) is 25.0. The lowest BCUT2D eigenvalue weighted by Gasteiger charge is -2.22. The van der Waals surface area contributed by atoms with E-state index >= 15 is 0 Å². The highest BCUT2D eigenvalue weighted by atomic mass is 16.5. The van der Waals surface area contributed by atoms with Crippen LogP contribution in [0.5, 0.6) is 5.75 Å². The molecule has 1 fully saturated rings. The van der Waals surface area contributed by atoms with Gasteiger partial charge in [0.15, 0.2) is 5.60 Å². The van der Waals surface area contributed by atoms with Crippen LogP contribution in [0, 0.1) is 0 Å². The normalized spacial score (nSPS) is 14.3. The summed E-state index contributed by atoms with van der Waals surface area (Å²) in [5.74, 6) is 2.38. The first-order chi connectivity index (χ1) is 18.4. The molecule has 38 heavy (non-hydrogen) atoms. The van der Waals surface area contributed by atoms with Gasteiger partial charge in [-0.25, -0.2) is 14.8 Å². The first kappa shape index (κ1) is 25.6. The molecule has 1 aliphatic carbocycles. The Kier molecular flexibility index (Phi) is 7.49. The van der Waals surface area contributed by atoms with Gasteiger partial charge in [0, 0.05) is 29.8 Å². The van der Waals surface area contributed by atoms with E-state index in [-0.39, 0.29) is 5.92 Å².